The molecule has 1 aromatic rings. The highest BCUT2D eigenvalue weighted by molar-refractivity contribution is 14.0. The maximum absolute atomic E-state index is 5.87. The number of nitrogens with one attached hydrogen (secondary N) is 2. The highest BCUT2D eigenvalue weighted by atomic mass is 127. The Kier molecular flexibility index (Phi) is 12.8. The molecule has 1 aromatic carbocycles. The maximum atomic E-state index is 5.87. The Morgan fingerprint density at radius 2 is 1.91 bits per heavy atom. The molecular formula is C24H41IN4O3. The zero-order chi connectivity index (χ0) is 21.9. The van der Waals surface area contributed by atoms with Gasteiger partial charge in [-0.15, -0.1) is 24.0 Å². The lowest BCUT2D eigenvalue weighted by atomic mass is 10.1. The molecule has 3 rings (SSSR count). The van der Waals surface area contributed by atoms with E-state index in [9.17, 15) is 0 Å². The van der Waals surface area contributed by atoms with E-state index in [0.717, 1.165) is 78.0 Å². The number of hydrogen-bond acceptors (Lipinski definition) is 5. The number of halogens is 1. The van der Waals surface area contributed by atoms with Crippen LogP contribution >= 0.6 is 24.0 Å². The Hall–Kier alpha value is -0.940. The van der Waals surface area contributed by atoms with Gasteiger partial charge in [-0.2, -0.15) is 0 Å². The summed E-state index contributed by atoms with van der Waals surface area (Å²) < 4.78 is 17.0. The van der Waals surface area contributed by atoms with Crippen molar-refractivity contribution in [2.45, 2.75) is 52.0 Å². The second-order valence-electron chi connectivity index (χ2n) is 8.73. The summed E-state index contributed by atoms with van der Waals surface area (Å²) in [6.07, 6.45) is 2.65. The summed E-state index contributed by atoms with van der Waals surface area (Å²) in [5.74, 6) is 1.40. The normalized spacial score (nSPS) is 24.2. The van der Waals surface area contributed by atoms with E-state index in [-0.39, 0.29) is 36.2 Å². The Bertz CT molecular complexity index is 675. The fourth-order valence-electron chi connectivity index (χ4n) is 4.28. The number of ether oxygens (including phenoxy) is 3. The molecule has 2 aliphatic heterocycles. The molecule has 2 saturated heterocycles. The van der Waals surface area contributed by atoms with E-state index in [2.05, 4.69) is 58.6 Å². The zero-order valence-electron chi connectivity index (χ0n) is 19.8. The molecule has 3 unspecified atom stereocenters. The van der Waals surface area contributed by atoms with Crippen molar-refractivity contribution in [3.63, 3.8) is 0 Å². The molecule has 0 bridgehead atoms. The predicted octanol–water partition coefficient (Wildman–Crippen LogP) is 3.02. The third-order valence-corrected chi connectivity index (χ3v) is 5.81. The molecule has 0 radical (unpaired) electrons. The first kappa shape index (κ1) is 27.3. The SMILES string of the molecule is CN=C(NCCCOCC1CCOC1)NCc1ccccc1CN1CC(C)OC(C)C1.I. The van der Waals surface area contributed by atoms with Crippen LogP contribution in [0, 0.1) is 5.92 Å². The van der Waals surface area contributed by atoms with E-state index >= 15 is 0 Å². The van der Waals surface area contributed by atoms with Gasteiger partial charge in [0.2, 0.25) is 0 Å². The third-order valence-electron chi connectivity index (χ3n) is 5.81. The van der Waals surface area contributed by atoms with Crippen LogP contribution in [0.15, 0.2) is 29.3 Å². The van der Waals surface area contributed by atoms with E-state index in [1.54, 1.807) is 0 Å². The van der Waals surface area contributed by atoms with Crippen molar-refractivity contribution in [3.8, 4) is 0 Å². The van der Waals surface area contributed by atoms with Gasteiger partial charge in [0.05, 0.1) is 25.4 Å². The van der Waals surface area contributed by atoms with Gasteiger partial charge >= 0.3 is 0 Å². The molecule has 182 valence electrons. The molecule has 0 aromatic heterocycles. The van der Waals surface area contributed by atoms with Gasteiger partial charge < -0.3 is 24.8 Å². The van der Waals surface area contributed by atoms with Gasteiger partial charge in [-0.3, -0.25) is 9.89 Å². The van der Waals surface area contributed by atoms with Crippen LogP contribution < -0.4 is 10.6 Å². The first-order valence-electron chi connectivity index (χ1n) is 11.7. The largest absolute Gasteiger partial charge is 0.381 e. The minimum absolute atomic E-state index is 0. The molecule has 32 heavy (non-hydrogen) atoms. The second kappa shape index (κ2) is 15.1. The lowest BCUT2D eigenvalue weighted by Gasteiger charge is -2.35. The van der Waals surface area contributed by atoms with Gasteiger partial charge in [0.15, 0.2) is 5.96 Å². The van der Waals surface area contributed by atoms with Crippen LogP contribution in [0.25, 0.3) is 0 Å². The van der Waals surface area contributed by atoms with Crippen LogP contribution in [-0.4, -0.2) is 76.2 Å². The van der Waals surface area contributed by atoms with E-state index in [1.807, 2.05) is 7.05 Å². The molecule has 2 fully saturated rings. The molecule has 0 aliphatic carbocycles. The first-order valence-corrected chi connectivity index (χ1v) is 11.7. The van der Waals surface area contributed by atoms with Gasteiger partial charge in [0.25, 0.3) is 0 Å². The summed E-state index contributed by atoms with van der Waals surface area (Å²) in [5.41, 5.74) is 2.66. The van der Waals surface area contributed by atoms with E-state index in [4.69, 9.17) is 14.2 Å². The number of nitrogens with zero attached hydrogens (tertiary/aromatic N) is 2. The standard InChI is InChI=1S/C24H40N4O3.HI/c1-19-14-28(15-20(2)31-19)16-23-8-5-4-7-22(23)13-27-24(25-3)26-10-6-11-29-17-21-9-12-30-18-21;/h4-5,7-8,19-21H,6,9-18H2,1-3H3,(H2,25,26,27);1H. The average molecular weight is 561 g/mol. The number of aliphatic imine (C=N–C) groups is 1. The minimum atomic E-state index is 0. The highest BCUT2D eigenvalue weighted by Gasteiger charge is 2.22. The Labute approximate surface area is 210 Å². The predicted molar refractivity (Wildman–Crippen MR) is 140 cm³/mol. The Morgan fingerprint density at radius 1 is 1.16 bits per heavy atom. The van der Waals surface area contributed by atoms with Crippen LogP contribution in [0.2, 0.25) is 0 Å². The molecule has 8 heteroatoms. The minimum Gasteiger partial charge on any atom is -0.381 e. The number of morpholine rings is 1. The van der Waals surface area contributed by atoms with Crippen molar-refractivity contribution in [1.29, 1.82) is 0 Å². The number of rotatable bonds is 10. The molecule has 2 heterocycles. The average Bonchev–Trinajstić information content (AvgIpc) is 3.26. The van der Waals surface area contributed by atoms with Crippen molar-refractivity contribution >= 4 is 29.9 Å². The van der Waals surface area contributed by atoms with Crippen molar-refractivity contribution in [3.05, 3.63) is 35.4 Å². The van der Waals surface area contributed by atoms with Gasteiger partial charge in [0.1, 0.15) is 0 Å². The highest BCUT2D eigenvalue weighted by Crippen LogP contribution is 2.17. The Morgan fingerprint density at radius 3 is 2.59 bits per heavy atom. The molecule has 7 nitrogen and oxygen atoms in total. The fourth-order valence-corrected chi connectivity index (χ4v) is 4.28. The number of hydrogen-bond donors (Lipinski definition) is 2. The summed E-state index contributed by atoms with van der Waals surface area (Å²) in [6.45, 7) is 12.1. The van der Waals surface area contributed by atoms with Crippen LogP contribution in [0.5, 0.6) is 0 Å². The zero-order valence-corrected chi connectivity index (χ0v) is 22.2. The topological polar surface area (TPSA) is 67.4 Å². The molecular weight excluding hydrogens is 519 g/mol. The molecule has 0 spiro atoms. The Balaban J connectivity index is 0.00000363. The van der Waals surface area contributed by atoms with E-state index in [0.29, 0.717) is 5.92 Å². The summed E-state index contributed by atoms with van der Waals surface area (Å²) in [6, 6.07) is 8.65. The van der Waals surface area contributed by atoms with Gasteiger partial charge in [0, 0.05) is 58.9 Å². The molecule has 2 aliphatic rings. The summed E-state index contributed by atoms with van der Waals surface area (Å²) in [5, 5.41) is 6.84. The van der Waals surface area contributed by atoms with Crippen molar-refractivity contribution in [2.24, 2.45) is 10.9 Å². The quantitative estimate of drug-likeness (QED) is 0.199. The number of benzene rings is 1. The van der Waals surface area contributed by atoms with Crippen molar-refractivity contribution < 1.29 is 14.2 Å². The summed E-state index contributed by atoms with van der Waals surface area (Å²) >= 11 is 0. The van der Waals surface area contributed by atoms with Crippen LogP contribution in [0.1, 0.15) is 37.8 Å². The third kappa shape index (κ3) is 9.51. The smallest absolute Gasteiger partial charge is 0.191 e. The molecule has 3 atom stereocenters. The van der Waals surface area contributed by atoms with Gasteiger partial charge in [-0.25, -0.2) is 0 Å². The lowest BCUT2D eigenvalue weighted by Crippen LogP contribution is -2.45. The van der Waals surface area contributed by atoms with E-state index < -0.39 is 0 Å². The van der Waals surface area contributed by atoms with Gasteiger partial charge in [-0.1, -0.05) is 24.3 Å². The van der Waals surface area contributed by atoms with Crippen LogP contribution in [-0.2, 0) is 27.3 Å². The maximum Gasteiger partial charge on any atom is 0.191 e. The fraction of sp³-hybridized carbons (Fsp3) is 0.708. The van der Waals surface area contributed by atoms with Crippen molar-refractivity contribution in [2.75, 3.05) is 53.1 Å². The van der Waals surface area contributed by atoms with Gasteiger partial charge in [-0.05, 0) is 37.8 Å². The first-order chi connectivity index (χ1) is 15.1. The monoisotopic (exact) mass is 560 g/mol. The van der Waals surface area contributed by atoms with Crippen molar-refractivity contribution in [1.82, 2.24) is 15.5 Å². The summed E-state index contributed by atoms with van der Waals surface area (Å²) in [7, 11) is 1.81. The molecule has 0 saturated carbocycles. The second-order valence-corrected chi connectivity index (χ2v) is 8.73. The lowest BCUT2D eigenvalue weighted by molar-refractivity contribution is -0.0705. The van der Waals surface area contributed by atoms with Crippen LogP contribution in [0.3, 0.4) is 0 Å². The number of guanidine groups is 1. The molecule has 0 amide bonds. The molecule has 2 N–H and O–H groups in total. The summed E-state index contributed by atoms with van der Waals surface area (Å²) in [4.78, 5) is 6.85. The van der Waals surface area contributed by atoms with E-state index in [1.165, 1.54) is 11.1 Å². The van der Waals surface area contributed by atoms with Crippen LogP contribution in [0.4, 0.5) is 0 Å².